The number of hydrogen-bond acceptors (Lipinski definition) is 4. The Morgan fingerprint density at radius 2 is 2.30 bits per heavy atom. The van der Waals surface area contributed by atoms with Gasteiger partial charge in [-0.05, 0) is 38.7 Å². The van der Waals surface area contributed by atoms with E-state index in [4.69, 9.17) is 5.11 Å². The summed E-state index contributed by atoms with van der Waals surface area (Å²) in [5.74, 6) is 0.0139. The molecular formula is C15H23N3O2. The molecule has 2 rings (SSSR count). The lowest BCUT2D eigenvalue weighted by Crippen LogP contribution is -2.45. The number of aliphatic hydroxyl groups is 1. The van der Waals surface area contributed by atoms with Crippen LogP contribution in [0.1, 0.15) is 41.7 Å². The summed E-state index contributed by atoms with van der Waals surface area (Å²) in [6.07, 6.45) is 5.57. The van der Waals surface area contributed by atoms with E-state index in [-0.39, 0.29) is 12.5 Å². The molecule has 0 atom stereocenters. The Bertz CT molecular complexity index is 472. The highest BCUT2D eigenvalue weighted by atomic mass is 16.3. The molecule has 5 heteroatoms. The lowest BCUT2D eigenvalue weighted by atomic mass is 9.90. The van der Waals surface area contributed by atoms with Gasteiger partial charge in [-0.15, -0.1) is 0 Å². The van der Waals surface area contributed by atoms with Crippen LogP contribution in [0.4, 0.5) is 5.69 Å². The van der Waals surface area contributed by atoms with E-state index >= 15 is 0 Å². The predicted molar refractivity (Wildman–Crippen MR) is 78.9 cm³/mol. The number of carbonyl (C=O) groups excluding carboxylic acids is 1. The molecule has 1 fully saturated rings. The molecule has 1 amide bonds. The van der Waals surface area contributed by atoms with Crippen LogP contribution in [0.5, 0.6) is 0 Å². The summed E-state index contributed by atoms with van der Waals surface area (Å²) in [5, 5.41) is 12.1. The summed E-state index contributed by atoms with van der Waals surface area (Å²) in [5.41, 5.74) is 2.32. The SMILES string of the molecule is CNc1cc(C)ncc1C(=O)N(CCCO)C1CCC1. The molecule has 1 saturated carbocycles. The summed E-state index contributed by atoms with van der Waals surface area (Å²) in [6.45, 7) is 2.63. The molecule has 5 nitrogen and oxygen atoms in total. The number of amides is 1. The van der Waals surface area contributed by atoms with Crippen LogP contribution >= 0.6 is 0 Å². The maximum absolute atomic E-state index is 12.7. The van der Waals surface area contributed by atoms with Crippen molar-refractivity contribution in [3.63, 3.8) is 0 Å². The summed E-state index contributed by atoms with van der Waals surface area (Å²) >= 11 is 0. The van der Waals surface area contributed by atoms with Gasteiger partial charge in [0.05, 0.1) is 11.3 Å². The summed E-state index contributed by atoms with van der Waals surface area (Å²) in [6, 6.07) is 2.21. The Balaban J connectivity index is 2.21. The van der Waals surface area contributed by atoms with Crippen LogP contribution in [0.3, 0.4) is 0 Å². The number of rotatable bonds is 6. The summed E-state index contributed by atoms with van der Waals surface area (Å²) in [7, 11) is 1.81. The molecule has 1 heterocycles. The average molecular weight is 277 g/mol. The van der Waals surface area contributed by atoms with Crippen LogP contribution in [0.2, 0.25) is 0 Å². The molecule has 1 aliphatic carbocycles. The first kappa shape index (κ1) is 14.8. The number of nitrogens with zero attached hydrogens (tertiary/aromatic N) is 2. The fourth-order valence-corrected chi connectivity index (χ4v) is 2.48. The standard InChI is InChI=1S/C15H23N3O2/c1-11-9-14(16-2)13(10-17-11)15(20)18(7-4-8-19)12-5-3-6-12/h9-10,12,19H,3-8H2,1-2H3,(H,16,17). The largest absolute Gasteiger partial charge is 0.396 e. The number of anilines is 1. The Hall–Kier alpha value is -1.62. The molecule has 0 radical (unpaired) electrons. The van der Waals surface area contributed by atoms with Gasteiger partial charge in [-0.3, -0.25) is 9.78 Å². The minimum Gasteiger partial charge on any atom is -0.396 e. The van der Waals surface area contributed by atoms with Gasteiger partial charge in [0.25, 0.3) is 5.91 Å². The fourth-order valence-electron chi connectivity index (χ4n) is 2.48. The number of hydrogen-bond donors (Lipinski definition) is 2. The Labute approximate surface area is 120 Å². The third kappa shape index (κ3) is 3.10. The number of nitrogens with one attached hydrogen (secondary N) is 1. The van der Waals surface area contributed by atoms with Crippen molar-refractivity contribution in [1.29, 1.82) is 0 Å². The third-order valence-electron chi connectivity index (χ3n) is 3.87. The van der Waals surface area contributed by atoms with Gasteiger partial charge in [-0.2, -0.15) is 0 Å². The first-order chi connectivity index (χ1) is 9.67. The van der Waals surface area contributed by atoms with Gasteiger partial charge in [0, 0.05) is 38.1 Å². The van der Waals surface area contributed by atoms with Crippen LogP contribution in [0.15, 0.2) is 12.3 Å². The first-order valence-electron chi connectivity index (χ1n) is 7.23. The maximum Gasteiger partial charge on any atom is 0.257 e. The molecule has 0 aliphatic heterocycles. The van der Waals surface area contributed by atoms with Gasteiger partial charge in [0.2, 0.25) is 0 Å². The number of carbonyl (C=O) groups is 1. The molecule has 0 saturated heterocycles. The molecule has 2 N–H and O–H groups in total. The third-order valence-corrected chi connectivity index (χ3v) is 3.87. The molecule has 110 valence electrons. The molecule has 1 aliphatic rings. The lowest BCUT2D eigenvalue weighted by Gasteiger charge is -2.37. The summed E-state index contributed by atoms with van der Waals surface area (Å²) < 4.78 is 0. The second-order valence-electron chi connectivity index (χ2n) is 5.28. The average Bonchev–Trinajstić information content (AvgIpc) is 2.40. The molecule has 0 aromatic carbocycles. The van der Waals surface area contributed by atoms with E-state index in [0.717, 1.165) is 24.2 Å². The van der Waals surface area contributed by atoms with Crippen molar-refractivity contribution in [3.8, 4) is 0 Å². The van der Waals surface area contributed by atoms with Crippen LogP contribution < -0.4 is 5.32 Å². The highest BCUT2D eigenvalue weighted by Gasteiger charge is 2.30. The Morgan fingerprint density at radius 1 is 1.55 bits per heavy atom. The normalized spacial score (nSPS) is 14.8. The van der Waals surface area contributed by atoms with E-state index in [9.17, 15) is 4.79 Å². The first-order valence-corrected chi connectivity index (χ1v) is 7.23. The van der Waals surface area contributed by atoms with Crippen molar-refractivity contribution in [2.24, 2.45) is 0 Å². The Morgan fingerprint density at radius 3 is 2.85 bits per heavy atom. The smallest absolute Gasteiger partial charge is 0.257 e. The second kappa shape index (κ2) is 6.70. The Kier molecular flexibility index (Phi) is 4.95. The van der Waals surface area contributed by atoms with Crippen LogP contribution in [-0.2, 0) is 0 Å². The number of aryl methyl sites for hydroxylation is 1. The van der Waals surface area contributed by atoms with Gasteiger partial charge in [0.1, 0.15) is 0 Å². The fraction of sp³-hybridized carbons (Fsp3) is 0.600. The van der Waals surface area contributed by atoms with Gasteiger partial charge >= 0.3 is 0 Å². The summed E-state index contributed by atoms with van der Waals surface area (Å²) in [4.78, 5) is 18.9. The molecule has 0 bridgehead atoms. The highest BCUT2D eigenvalue weighted by molar-refractivity contribution is 5.99. The molecule has 20 heavy (non-hydrogen) atoms. The van der Waals surface area contributed by atoms with E-state index in [2.05, 4.69) is 10.3 Å². The minimum absolute atomic E-state index is 0.0139. The van der Waals surface area contributed by atoms with Gasteiger partial charge < -0.3 is 15.3 Å². The van der Waals surface area contributed by atoms with Crippen molar-refractivity contribution in [2.45, 2.75) is 38.6 Å². The quantitative estimate of drug-likeness (QED) is 0.832. The van der Waals surface area contributed by atoms with Gasteiger partial charge in [0.15, 0.2) is 0 Å². The van der Waals surface area contributed by atoms with Crippen molar-refractivity contribution >= 4 is 11.6 Å². The van der Waals surface area contributed by atoms with E-state index in [1.165, 1.54) is 6.42 Å². The van der Waals surface area contributed by atoms with Crippen LogP contribution in [0.25, 0.3) is 0 Å². The van der Waals surface area contributed by atoms with Crippen molar-refractivity contribution in [2.75, 3.05) is 25.5 Å². The van der Waals surface area contributed by atoms with E-state index < -0.39 is 0 Å². The van der Waals surface area contributed by atoms with Crippen molar-refractivity contribution in [3.05, 3.63) is 23.5 Å². The zero-order chi connectivity index (χ0) is 14.5. The molecule has 1 aromatic rings. The minimum atomic E-state index is 0.0139. The van der Waals surface area contributed by atoms with E-state index in [1.54, 1.807) is 6.20 Å². The predicted octanol–water partition coefficient (Wildman–Crippen LogP) is 1.81. The van der Waals surface area contributed by atoms with Gasteiger partial charge in [-0.25, -0.2) is 0 Å². The van der Waals surface area contributed by atoms with Crippen molar-refractivity contribution in [1.82, 2.24) is 9.88 Å². The van der Waals surface area contributed by atoms with Crippen LogP contribution in [0, 0.1) is 6.92 Å². The van der Waals surface area contributed by atoms with Crippen molar-refractivity contribution < 1.29 is 9.90 Å². The molecule has 0 spiro atoms. The lowest BCUT2D eigenvalue weighted by molar-refractivity contribution is 0.0563. The molecule has 0 unspecified atom stereocenters. The van der Waals surface area contributed by atoms with Crippen LogP contribution in [-0.4, -0.2) is 47.1 Å². The second-order valence-corrected chi connectivity index (χ2v) is 5.28. The topological polar surface area (TPSA) is 65.5 Å². The van der Waals surface area contributed by atoms with Gasteiger partial charge in [-0.1, -0.05) is 0 Å². The zero-order valence-electron chi connectivity index (χ0n) is 12.2. The van der Waals surface area contributed by atoms with E-state index in [1.807, 2.05) is 24.9 Å². The monoisotopic (exact) mass is 277 g/mol. The number of pyridine rings is 1. The maximum atomic E-state index is 12.7. The number of aliphatic hydroxyl groups excluding tert-OH is 1. The zero-order valence-corrected chi connectivity index (χ0v) is 12.2. The molecule has 1 aromatic heterocycles. The molecular weight excluding hydrogens is 254 g/mol. The highest BCUT2D eigenvalue weighted by Crippen LogP contribution is 2.28. The van der Waals surface area contributed by atoms with E-state index in [0.29, 0.717) is 24.6 Å². The number of aromatic nitrogens is 1.